The molecular formula is C10H10O2. The number of carbonyl (C=O) groups excluding carboxylic acids is 1. The summed E-state index contributed by atoms with van der Waals surface area (Å²) in [4.78, 5) is 11.1. The molecule has 0 fully saturated rings. The van der Waals surface area contributed by atoms with E-state index in [-0.39, 0.29) is 11.9 Å². The van der Waals surface area contributed by atoms with Crippen LogP contribution in [0.1, 0.15) is 12.5 Å². The quantitative estimate of drug-likeness (QED) is 0.429. The first kappa shape index (κ1) is 7.35. The van der Waals surface area contributed by atoms with Crippen molar-refractivity contribution in [2.45, 2.75) is 13.3 Å². The van der Waals surface area contributed by atoms with E-state index in [1.165, 1.54) is 0 Å². The Morgan fingerprint density at radius 3 is 3.00 bits per heavy atom. The van der Waals surface area contributed by atoms with Gasteiger partial charge in [-0.3, -0.25) is 4.79 Å². The smallest absolute Gasteiger partial charge is 0.314 e. The molecule has 1 atom stereocenters. The fourth-order valence-corrected chi connectivity index (χ4v) is 1.39. The molecule has 2 heteroatoms. The van der Waals surface area contributed by atoms with Gasteiger partial charge in [-0.2, -0.15) is 0 Å². The van der Waals surface area contributed by atoms with Gasteiger partial charge in [-0.15, -0.1) is 0 Å². The van der Waals surface area contributed by atoms with E-state index < -0.39 is 0 Å². The largest absolute Gasteiger partial charge is 0.426 e. The minimum absolute atomic E-state index is 0.0000926. The highest BCUT2D eigenvalue weighted by atomic mass is 16.5. The Hall–Kier alpha value is -1.31. The molecule has 0 N–H and O–H groups in total. The van der Waals surface area contributed by atoms with Gasteiger partial charge < -0.3 is 4.74 Å². The minimum Gasteiger partial charge on any atom is -0.426 e. The van der Waals surface area contributed by atoms with E-state index in [1.807, 2.05) is 31.2 Å². The van der Waals surface area contributed by atoms with Gasteiger partial charge >= 0.3 is 5.97 Å². The van der Waals surface area contributed by atoms with Crippen molar-refractivity contribution in [3.63, 3.8) is 0 Å². The summed E-state index contributed by atoms with van der Waals surface area (Å²) in [7, 11) is 0. The van der Waals surface area contributed by atoms with Crippen molar-refractivity contribution in [2.75, 3.05) is 0 Å². The lowest BCUT2D eigenvalue weighted by Crippen LogP contribution is -2.24. The normalized spacial score (nSPS) is 21.4. The highest BCUT2D eigenvalue weighted by molar-refractivity contribution is 5.77. The summed E-state index contributed by atoms with van der Waals surface area (Å²) < 4.78 is 5.11. The molecule has 0 radical (unpaired) electrons. The van der Waals surface area contributed by atoms with Gasteiger partial charge in [0.25, 0.3) is 0 Å². The average Bonchev–Trinajstić information content (AvgIpc) is 2.07. The van der Waals surface area contributed by atoms with Gasteiger partial charge in [-0.1, -0.05) is 25.1 Å². The first-order valence-electron chi connectivity index (χ1n) is 4.07. The van der Waals surface area contributed by atoms with Crippen LogP contribution in [0.3, 0.4) is 0 Å². The minimum atomic E-state index is -0.117. The third-order valence-corrected chi connectivity index (χ3v) is 2.11. The molecule has 0 unspecified atom stereocenters. The fourth-order valence-electron chi connectivity index (χ4n) is 1.39. The van der Waals surface area contributed by atoms with Crippen LogP contribution in [0.25, 0.3) is 0 Å². The van der Waals surface area contributed by atoms with Crippen LogP contribution in [0.4, 0.5) is 0 Å². The first-order valence-corrected chi connectivity index (χ1v) is 4.07. The number of para-hydroxylation sites is 1. The lowest BCUT2D eigenvalue weighted by molar-refractivity contribution is -0.139. The maximum Gasteiger partial charge on any atom is 0.314 e. The Kier molecular flexibility index (Phi) is 1.61. The predicted octanol–water partition coefficient (Wildman–Crippen LogP) is 1.78. The third-order valence-electron chi connectivity index (χ3n) is 2.11. The van der Waals surface area contributed by atoms with Crippen LogP contribution in [-0.4, -0.2) is 5.97 Å². The summed E-state index contributed by atoms with van der Waals surface area (Å²) in [6.45, 7) is 1.89. The van der Waals surface area contributed by atoms with E-state index in [0.717, 1.165) is 17.7 Å². The fraction of sp³-hybridized carbons (Fsp3) is 0.300. The molecule has 62 valence electrons. The van der Waals surface area contributed by atoms with E-state index in [4.69, 9.17) is 4.74 Å². The molecular weight excluding hydrogens is 152 g/mol. The average molecular weight is 162 g/mol. The van der Waals surface area contributed by atoms with Crippen molar-refractivity contribution in [3.8, 4) is 5.75 Å². The lowest BCUT2D eigenvalue weighted by Gasteiger charge is -2.19. The van der Waals surface area contributed by atoms with Gasteiger partial charge in [0.2, 0.25) is 0 Å². The zero-order chi connectivity index (χ0) is 8.55. The molecule has 0 bridgehead atoms. The molecule has 0 saturated heterocycles. The first-order chi connectivity index (χ1) is 5.77. The van der Waals surface area contributed by atoms with Crippen molar-refractivity contribution in [1.82, 2.24) is 0 Å². The van der Waals surface area contributed by atoms with Crippen molar-refractivity contribution in [3.05, 3.63) is 29.8 Å². The number of fused-ring (bicyclic) bond motifs is 1. The predicted molar refractivity (Wildman–Crippen MR) is 44.9 cm³/mol. The van der Waals surface area contributed by atoms with Gasteiger partial charge in [0.15, 0.2) is 0 Å². The van der Waals surface area contributed by atoms with E-state index in [0.29, 0.717) is 0 Å². The number of hydrogen-bond donors (Lipinski definition) is 0. The van der Waals surface area contributed by atoms with Crippen LogP contribution in [0.15, 0.2) is 24.3 Å². The summed E-state index contributed by atoms with van der Waals surface area (Å²) in [6, 6.07) is 7.67. The lowest BCUT2D eigenvalue weighted by atomic mass is 9.98. The molecule has 0 amide bonds. The molecule has 0 saturated carbocycles. The Balaban J connectivity index is 2.40. The number of ether oxygens (including phenoxy) is 1. The van der Waals surface area contributed by atoms with E-state index in [2.05, 4.69) is 0 Å². The number of hydrogen-bond acceptors (Lipinski definition) is 2. The monoisotopic (exact) mass is 162 g/mol. The molecule has 1 aromatic carbocycles. The topological polar surface area (TPSA) is 26.3 Å². The molecule has 1 aliphatic heterocycles. The molecule has 2 rings (SSSR count). The van der Waals surface area contributed by atoms with Crippen LogP contribution >= 0.6 is 0 Å². The Bertz CT molecular complexity index is 317. The van der Waals surface area contributed by atoms with E-state index >= 15 is 0 Å². The van der Waals surface area contributed by atoms with Gasteiger partial charge in [-0.25, -0.2) is 0 Å². The summed E-state index contributed by atoms with van der Waals surface area (Å²) in [5.74, 6) is 0.606. The standard InChI is InChI=1S/C10H10O2/c1-7-6-8-4-2-3-5-9(8)12-10(7)11/h2-5,7H,6H2,1H3/t7-/m0/s1. The Labute approximate surface area is 71.2 Å². The van der Waals surface area contributed by atoms with Crippen molar-refractivity contribution < 1.29 is 9.53 Å². The highest BCUT2D eigenvalue weighted by Gasteiger charge is 2.23. The Morgan fingerprint density at radius 1 is 1.42 bits per heavy atom. The van der Waals surface area contributed by atoms with Gasteiger partial charge in [-0.05, 0) is 18.1 Å². The van der Waals surface area contributed by atoms with Gasteiger partial charge in [0, 0.05) is 0 Å². The van der Waals surface area contributed by atoms with Gasteiger partial charge in [0.1, 0.15) is 5.75 Å². The van der Waals surface area contributed by atoms with Crippen LogP contribution in [0.2, 0.25) is 0 Å². The second kappa shape index (κ2) is 2.63. The van der Waals surface area contributed by atoms with Crippen LogP contribution < -0.4 is 4.74 Å². The molecule has 0 spiro atoms. The molecule has 1 aliphatic rings. The zero-order valence-electron chi connectivity index (χ0n) is 6.91. The molecule has 0 aliphatic carbocycles. The van der Waals surface area contributed by atoms with Gasteiger partial charge in [0.05, 0.1) is 5.92 Å². The maximum atomic E-state index is 11.1. The highest BCUT2D eigenvalue weighted by Crippen LogP contribution is 2.26. The number of carbonyl (C=O) groups is 1. The number of rotatable bonds is 0. The SMILES string of the molecule is C[C@H]1Cc2ccccc2OC1=O. The second-order valence-corrected chi connectivity index (χ2v) is 3.13. The van der Waals surface area contributed by atoms with Crippen molar-refractivity contribution >= 4 is 5.97 Å². The third kappa shape index (κ3) is 1.09. The second-order valence-electron chi connectivity index (χ2n) is 3.13. The van der Waals surface area contributed by atoms with Crippen LogP contribution in [0.5, 0.6) is 5.75 Å². The molecule has 1 heterocycles. The summed E-state index contributed by atoms with van der Waals surface area (Å²) in [5.41, 5.74) is 1.13. The summed E-state index contributed by atoms with van der Waals surface area (Å²) in [5, 5.41) is 0. The maximum absolute atomic E-state index is 11.1. The molecule has 2 nitrogen and oxygen atoms in total. The Morgan fingerprint density at radius 2 is 2.17 bits per heavy atom. The number of esters is 1. The van der Waals surface area contributed by atoms with Crippen molar-refractivity contribution in [2.24, 2.45) is 5.92 Å². The number of benzene rings is 1. The van der Waals surface area contributed by atoms with Crippen molar-refractivity contribution in [1.29, 1.82) is 0 Å². The summed E-state index contributed by atoms with van der Waals surface area (Å²) >= 11 is 0. The van der Waals surface area contributed by atoms with E-state index in [9.17, 15) is 4.79 Å². The van der Waals surface area contributed by atoms with Crippen LogP contribution in [-0.2, 0) is 11.2 Å². The van der Waals surface area contributed by atoms with E-state index in [1.54, 1.807) is 0 Å². The summed E-state index contributed by atoms with van der Waals surface area (Å²) in [6.07, 6.45) is 0.801. The zero-order valence-corrected chi connectivity index (χ0v) is 6.91. The molecule has 1 aromatic rings. The molecule has 0 aromatic heterocycles. The van der Waals surface area contributed by atoms with Crippen LogP contribution in [0, 0.1) is 5.92 Å². The molecule has 12 heavy (non-hydrogen) atoms.